The highest BCUT2D eigenvalue weighted by Gasteiger charge is 2.09. The van der Waals surface area contributed by atoms with Gasteiger partial charge in [0.05, 0.1) is 11.0 Å². The van der Waals surface area contributed by atoms with Gasteiger partial charge in [-0.05, 0) is 61.3 Å². The second-order valence-electron chi connectivity index (χ2n) is 4.96. The number of nitrogens with two attached hydrogens (primary N) is 1. The van der Waals surface area contributed by atoms with Crippen LogP contribution in [0.4, 0.5) is 0 Å². The van der Waals surface area contributed by atoms with E-state index in [2.05, 4.69) is 63.2 Å². The quantitative estimate of drug-likeness (QED) is 0.728. The zero-order chi connectivity index (χ0) is 14.8. The molecule has 0 unspecified atom stereocenters. The SMILES string of the molecule is Cc1ccc2nc(Sc3ccc(Br)cc3CCN)[nH]c2c1. The average Bonchev–Trinajstić information content (AvgIpc) is 2.83. The van der Waals surface area contributed by atoms with Crippen molar-refractivity contribution in [3.05, 3.63) is 52.0 Å². The summed E-state index contributed by atoms with van der Waals surface area (Å²) in [5, 5.41) is 0.913. The number of halogens is 1. The number of hydrogen-bond donors (Lipinski definition) is 2. The minimum Gasteiger partial charge on any atom is -0.333 e. The lowest BCUT2D eigenvalue weighted by Crippen LogP contribution is -2.03. The fourth-order valence-electron chi connectivity index (χ4n) is 2.25. The third-order valence-electron chi connectivity index (χ3n) is 3.26. The number of H-pyrrole nitrogens is 1. The van der Waals surface area contributed by atoms with Crippen LogP contribution in [0.15, 0.2) is 50.9 Å². The Labute approximate surface area is 136 Å². The van der Waals surface area contributed by atoms with Gasteiger partial charge in [-0.2, -0.15) is 0 Å². The van der Waals surface area contributed by atoms with E-state index in [9.17, 15) is 0 Å². The lowest BCUT2D eigenvalue weighted by atomic mass is 10.1. The largest absolute Gasteiger partial charge is 0.333 e. The molecule has 0 saturated heterocycles. The third kappa shape index (κ3) is 3.31. The number of benzene rings is 2. The van der Waals surface area contributed by atoms with Crippen molar-refractivity contribution in [3.8, 4) is 0 Å². The highest BCUT2D eigenvalue weighted by Crippen LogP contribution is 2.32. The maximum atomic E-state index is 5.70. The van der Waals surface area contributed by atoms with Crippen molar-refractivity contribution >= 4 is 38.7 Å². The van der Waals surface area contributed by atoms with Gasteiger partial charge in [-0.15, -0.1) is 0 Å². The molecular formula is C16H16BrN3S. The summed E-state index contributed by atoms with van der Waals surface area (Å²) in [4.78, 5) is 9.21. The number of nitrogens with zero attached hydrogens (tertiary/aromatic N) is 1. The molecule has 0 aliphatic carbocycles. The van der Waals surface area contributed by atoms with Crippen molar-refractivity contribution in [2.75, 3.05) is 6.54 Å². The van der Waals surface area contributed by atoms with Gasteiger partial charge >= 0.3 is 0 Å². The minimum atomic E-state index is 0.642. The van der Waals surface area contributed by atoms with Crippen LogP contribution in [0.1, 0.15) is 11.1 Å². The van der Waals surface area contributed by atoms with E-state index in [0.29, 0.717) is 6.54 Å². The van der Waals surface area contributed by atoms with Crippen molar-refractivity contribution in [1.29, 1.82) is 0 Å². The summed E-state index contributed by atoms with van der Waals surface area (Å²) in [6.45, 7) is 2.73. The first-order valence-electron chi connectivity index (χ1n) is 6.78. The summed E-state index contributed by atoms with van der Waals surface area (Å²) < 4.78 is 1.08. The van der Waals surface area contributed by atoms with Crippen molar-refractivity contribution in [2.45, 2.75) is 23.4 Å². The average molecular weight is 362 g/mol. The van der Waals surface area contributed by atoms with E-state index in [1.54, 1.807) is 11.8 Å². The molecule has 0 radical (unpaired) electrons. The summed E-state index contributed by atoms with van der Waals surface area (Å²) in [5.41, 5.74) is 10.3. The Kier molecular flexibility index (Phi) is 4.33. The van der Waals surface area contributed by atoms with E-state index >= 15 is 0 Å². The minimum absolute atomic E-state index is 0.642. The maximum Gasteiger partial charge on any atom is 0.171 e. The zero-order valence-electron chi connectivity index (χ0n) is 11.7. The molecule has 2 aromatic carbocycles. The van der Waals surface area contributed by atoms with Gasteiger partial charge in [-0.3, -0.25) is 0 Å². The van der Waals surface area contributed by atoms with E-state index in [4.69, 9.17) is 5.73 Å². The van der Waals surface area contributed by atoms with Gasteiger partial charge in [0, 0.05) is 9.37 Å². The molecule has 0 amide bonds. The number of aryl methyl sites for hydroxylation is 1. The molecule has 0 bridgehead atoms. The van der Waals surface area contributed by atoms with Crippen molar-refractivity contribution in [1.82, 2.24) is 9.97 Å². The molecule has 0 saturated carbocycles. The van der Waals surface area contributed by atoms with Gasteiger partial charge < -0.3 is 10.7 Å². The topological polar surface area (TPSA) is 54.7 Å². The van der Waals surface area contributed by atoms with Gasteiger partial charge in [-0.25, -0.2) is 4.98 Å². The second-order valence-corrected chi connectivity index (χ2v) is 6.90. The summed E-state index contributed by atoms with van der Waals surface area (Å²) in [7, 11) is 0. The number of fused-ring (bicyclic) bond motifs is 1. The van der Waals surface area contributed by atoms with E-state index in [0.717, 1.165) is 27.1 Å². The first-order chi connectivity index (χ1) is 10.2. The smallest absolute Gasteiger partial charge is 0.171 e. The normalized spacial score (nSPS) is 11.2. The highest BCUT2D eigenvalue weighted by atomic mass is 79.9. The maximum absolute atomic E-state index is 5.70. The Morgan fingerprint density at radius 1 is 1.24 bits per heavy atom. The number of imidazole rings is 1. The zero-order valence-corrected chi connectivity index (χ0v) is 14.1. The Morgan fingerprint density at radius 3 is 2.90 bits per heavy atom. The molecule has 108 valence electrons. The van der Waals surface area contributed by atoms with Crippen LogP contribution in [0.3, 0.4) is 0 Å². The fraction of sp³-hybridized carbons (Fsp3) is 0.188. The molecule has 21 heavy (non-hydrogen) atoms. The van der Waals surface area contributed by atoms with Crippen LogP contribution in [0, 0.1) is 6.92 Å². The molecule has 5 heteroatoms. The third-order valence-corrected chi connectivity index (χ3v) is 4.76. The van der Waals surface area contributed by atoms with E-state index in [1.165, 1.54) is 16.0 Å². The van der Waals surface area contributed by atoms with Crippen LogP contribution in [0.2, 0.25) is 0 Å². The van der Waals surface area contributed by atoms with Gasteiger partial charge in [0.2, 0.25) is 0 Å². The molecule has 3 N–H and O–H groups in total. The van der Waals surface area contributed by atoms with Crippen molar-refractivity contribution < 1.29 is 0 Å². The standard InChI is InChI=1S/C16H16BrN3S/c1-10-2-4-13-14(8-10)20-16(19-13)21-15-5-3-12(17)9-11(15)6-7-18/h2-5,8-9H,6-7,18H2,1H3,(H,19,20). The molecule has 3 rings (SSSR count). The fourth-order valence-corrected chi connectivity index (χ4v) is 3.60. The van der Waals surface area contributed by atoms with Crippen LogP contribution >= 0.6 is 27.7 Å². The Bertz CT molecular complexity index is 782. The molecule has 0 aliphatic rings. The molecule has 0 aliphatic heterocycles. The number of aromatic nitrogens is 2. The molecule has 0 spiro atoms. The van der Waals surface area contributed by atoms with E-state index in [-0.39, 0.29) is 0 Å². The molecule has 3 nitrogen and oxygen atoms in total. The summed E-state index contributed by atoms with van der Waals surface area (Å²) >= 11 is 5.17. The monoisotopic (exact) mass is 361 g/mol. The number of nitrogens with one attached hydrogen (secondary N) is 1. The van der Waals surface area contributed by atoms with Gasteiger partial charge in [0.1, 0.15) is 0 Å². The lowest BCUT2D eigenvalue weighted by Gasteiger charge is -2.07. The summed E-state index contributed by atoms with van der Waals surface area (Å²) in [6.07, 6.45) is 0.862. The first kappa shape index (κ1) is 14.6. The molecule has 1 heterocycles. The lowest BCUT2D eigenvalue weighted by molar-refractivity contribution is 0.941. The first-order valence-corrected chi connectivity index (χ1v) is 8.39. The van der Waals surface area contributed by atoms with Gasteiger partial charge in [0.15, 0.2) is 5.16 Å². The van der Waals surface area contributed by atoms with Crippen LogP contribution < -0.4 is 5.73 Å². The predicted octanol–water partition coefficient (Wildman–Crippen LogP) is 4.29. The summed E-state index contributed by atoms with van der Waals surface area (Å²) in [6, 6.07) is 12.5. The Morgan fingerprint density at radius 2 is 2.10 bits per heavy atom. The molecule has 1 aromatic heterocycles. The molecular weight excluding hydrogens is 346 g/mol. The summed E-state index contributed by atoms with van der Waals surface area (Å²) in [5.74, 6) is 0. The Balaban J connectivity index is 1.94. The van der Waals surface area contributed by atoms with Crippen LogP contribution in [-0.4, -0.2) is 16.5 Å². The van der Waals surface area contributed by atoms with Crippen molar-refractivity contribution in [3.63, 3.8) is 0 Å². The van der Waals surface area contributed by atoms with Crippen LogP contribution in [0.25, 0.3) is 11.0 Å². The molecule has 0 atom stereocenters. The number of aromatic amines is 1. The molecule has 3 aromatic rings. The van der Waals surface area contributed by atoms with E-state index in [1.807, 2.05) is 6.07 Å². The van der Waals surface area contributed by atoms with E-state index < -0.39 is 0 Å². The Hall–Kier alpha value is -1.30. The van der Waals surface area contributed by atoms with Gasteiger partial charge in [-0.1, -0.05) is 33.8 Å². The number of rotatable bonds is 4. The second kappa shape index (κ2) is 6.22. The highest BCUT2D eigenvalue weighted by molar-refractivity contribution is 9.10. The van der Waals surface area contributed by atoms with Gasteiger partial charge in [0.25, 0.3) is 0 Å². The molecule has 0 fully saturated rings. The van der Waals surface area contributed by atoms with Crippen molar-refractivity contribution in [2.24, 2.45) is 5.73 Å². The number of hydrogen-bond acceptors (Lipinski definition) is 3. The predicted molar refractivity (Wildman–Crippen MR) is 91.9 cm³/mol. The van der Waals surface area contributed by atoms with Crippen LogP contribution in [-0.2, 0) is 6.42 Å². The van der Waals surface area contributed by atoms with Crippen LogP contribution in [0.5, 0.6) is 0 Å².